The molecule has 0 N–H and O–H groups in total. The van der Waals surface area contributed by atoms with Crippen LogP contribution in [0.15, 0.2) is 47.4 Å². The molecule has 1 aliphatic rings. The first-order valence-electron chi connectivity index (χ1n) is 9.26. The summed E-state index contributed by atoms with van der Waals surface area (Å²) < 4.78 is 10.6. The molecule has 5 heteroatoms. The molecule has 0 bridgehead atoms. The number of hydrogen-bond acceptors (Lipinski definition) is 5. The zero-order valence-electron chi connectivity index (χ0n) is 16.2. The first-order valence-corrected chi connectivity index (χ1v) is 10.5. The van der Waals surface area contributed by atoms with Gasteiger partial charge in [-0.3, -0.25) is 9.69 Å². The van der Waals surface area contributed by atoms with E-state index in [1.807, 2.05) is 6.07 Å². The molecule has 0 radical (unpaired) electrons. The van der Waals surface area contributed by atoms with Crippen LogP contribution in [0.3, 0.4) is 0 Å². The van der Waals surface area contributed by atoms with Crippen LogP contribution in [-0.4, -0.2) is 44.2 Å². The van der Waals surface area contributed by atoms with Crippen LogP contribution < -0.4 is 9.47 Å². The number of Topliss-reactive ketones (excluding diaryl/α,β-unsaturated/α-hetero) is 1. The molecule has 0 saturated carbocycles. The maximum atomic E-state index is 13.0. The lowest BCUT2D eigenvalue weighted by molar-refractivity contribution is 0.0811. The lowest BCUT2D eigenvalue weighted by Crippen LogP contribution is -2.38. The van der Waals surface area contributed by atoms with Crippen LogP contribution in [0.2, 0.25) is 0 Å². The van der Waals surface area contributed by atoms with Gasteiger partial charge in [-0.1, -0.05) is 12.1 Å². The van der Waals surface area contributed by atoms with Gasteiger partial charge in [0, 0.05) is 29.5 Å². The van der Waals surface area contributed by atoms with E-state index in [2.05, 4.69) is 35.4 Å². The molecular formula is C22H27NO3S. The van der Waals surface area contributed by atoms with Gasteiger partial charge < -0.3 is 9.47 Å². The fourth-order valence-electron chi connectivity index (χ4n) is 3.63. The van der Waals surface area contributed by atoms with E-state index in [4.69, 9.17) is 9.47 Å². The van der Waals surface area contributed by atoms with E-state index in [9.17, 15) is 4.79 Å². The zero-order valence-corrected chi connectivity index (χ0v) is 17.1. The highest BCUT2D eigenvalue weighted by atomic mass is 32.2. The van der Waals surface area contributed by atoms with Crippen LogP contribution in [-0.2, 0) is 6.54 Å². The van der Waals surface area contributed by atoms with Crippen LogP contribution >= 0.6 is 11.8 Å². The number of benzene rings is 2. The number of carbonyl (C=O) groups excluding carboxylic acids is 1. The van der Waals surface area contributed by atoms with Gasteiger partial charge in [0.05, 0.1) is 14.2 Å². The van der Waals surface area contributed by atoms with Gasteiger partial charge in [0.15, 0.2) is 17.3 Å². The second kappa shape index (κ2) is 9.29. The van der Waals surface area contributed by atoms with E-state index in [1.54, 1.807) is 38.1 Å². The Bertz CT molecular complexity index is 776. The Morgan fingerprint density at radius 1 is 1.11 bits per heavy atom. The number of hydrogen-bond donors (Lipinski definition) is 0. The predicted octanol–water partition coefficient (Wildman–Crippen LogP) is 4.52. The van der Waals surface area contributed by atoms with Crippen molar-refractivity contribution in [1.82, 2.24) is 4.90 Å². The third kappa shape index (κ3) is 4.85. The predicted molar refractivity (Wildman–Crippen MR) is 110 cm³/mol. The van der Waals surface area contributed by atoms with Crippen molar-refractivity contribution >= 4 is 17.5 Å². The quantitative estimate of drug-likeness (QED) is 0.517. The third-order valence-corrected chi connectivity index (χ3v) is 5.85. The highest BCUT2D eigenvalue weighted by Crippen LogP contribution is 2.30. The number of ether oxygens (including phenoxy) is 2. The summed E-state index contributed by atoms with van der Waals surface area (Å²) in [6, 6.07) is 14.1. The topological polar surface area (TPSA) is 38.8 Å². The van der Waals surface area contributed by atoms with E-state index < -0.39 is 0 Å². The fraction of sp³-hybridized carbons (Fsp3) is 0.409. The van der Waals surface area contributed by atoms with Crippen LogP contribution in [0.1, 0.15) is 28.8 Å². The second-order valence-corrected chi connectivity index (χ2v) is 7.74. The van der Waals surface area contributed by atoms with E-state index in [-0.39, 0.29) is 11.7 Å². The molecule has 0 spiro atoms. The number of thioether (sulfide) groups is 1. The Labute approximate surface area is 165 Å². The standard InChI is InChI=1S/C22H27NO3S/c1-25-20-11-8-17(13-21(20)26-2)22(24)18-5-4-12-23(15-18)14-16-6-9-19(27-3)10-7-16/h6-11,13,18H,4-5,12,14-15H2,1-3H3/t18-/m1/s1. The molecular weight excluding hydrogens is 358 g/mol. The zero-order chi connectivity index (χ0) is 19.2. The maximum absolute atomic E-state index is 13.0. The van der Waals surface area contributed by atoms with Crippen molar-refractivity contribution in [2.24, 2.45) is 5.92 Å². The molecule has 1 atom stereocenters. The summed E-state index contributed by atoms with van der Waals surface area (Å²) in [7, 11) is 3.20. The minimum absolute atomic E-state index is 0.0299. The van der Waals surface area contributed by atoms with Crippen LogP contribution in [0.4, 0.5) is 0 Å². The normalized spacial score (nSPS) is 17.5. The Balaban J connectivity index is 1.67. The first-order chi connectivity index (χ1) is 13.1. The lowest BCUT2D eigenvalue weighted by Gasteiger charge is -2.32. The van der Waals surface area contributed by atoms with Gasteiger partial charge in [-0.2, -0.15) is 0 Å². The molecule has 1 saturated heterocycles. The summed E-state index contributed by atoms with van der Waals surface area (Å²) in [5, 5.41) is 0. The van der Waals surface area contributed by atoms with Crippen LogP contribution in [0.25, 0.3) is 0 Å². The molecule has 0 aromatic heterocycles. The Morgan fingerprint density at radius 3 is 2.52 bits per heavy atom. The van der Waals surface area contributed by atoms with Gasteiger partial charge in [0.25, 0.3) is 0 Å². The number of likely N-dealkylation sites (tertiary alicyclic amines) is 1. The van der Waals surface area contributed by atoms with Crippen molar-refractivity contribution in [3.05, 3.63) is 53.6 Å². The average Bonchev–Trinajstić information content (AvgIpc) is 2.73. The molecule has 2 aromatic carbocycles. The van der Waals surface area contributed by atoms with Crippen molar-refractivity contribution in [3.8, 4) is 11.5 Å². The Morgan fingerprint density at radius 2 is 1.85 bits per heavy atom. The van der Waals surface area contributed by atoms with Gasteiger partial charge in [-0.25, -0.2) is 0 Å². The van der Waals surface area contributed by atoms with Crippen molar-refractivity contribution < 1.29 is 14.3 Å². The average molecular weight is 386 g/mol. The smallest absolute Gasteiger partial charge is 0.167 e. The molecule has 1 aliphatic heterocycles. The fourth-order valence-corrected chi connectivity index (χ4v) is 4.04. The summed E-state index contributed by atoms with van der Waals surface area (Å²) in [4.78, 5) is 16.7. The van der Waals surface area contributed by atoms with Crippen LogP contribution in [0.5, 0.6) is 11.5 Å². The van der Waals surface area contributed by atoms with E-state index >= 15 is 0 Å². The third-order valence-electron chi connectivity index (χ3n) is 5.11. The van der Waals surface area contributed by atoms with Crippen molar-refractivity contribution in [1.29, 1.82) is 0 Å². The lowest BCUT2D eigenvalue weighted by atomic mass is 9.89. The Kier molecular flexibility index (Phi) is 6.80. The Hall–Kier alpha value is -1.98. The molecule has 1 heterocycles. The highest BCUT2D eigenvalue weighted by molar-refractivity contribution is 7.98. The van der Waals surface area contributed by atoms with Gasteiger partial charge in [0.2, 0.25) is 0 Å². The minimum atomic E-state index is 0.0299. The van der Waals surface area contributed by atoms with E-state index in [0.717, 1.165) is 32.5 Å². The largest absolute Gasteiger partial charge is 0.493 e. The number of nitrogens with zero attached hydrogens (tertiary/aromatic N) is 1. The van der Waals surface area contributed by atoms with Crippen molar-refractivity contribution in [2.75, 3.05) is 33.6 Å². The molecule has 0 aliphatic carbocycles. The number of ketones is 1. The van der Waals surface area contributed by atoms with Crippen molar-refractivity contribution in [3.63, 3.8) is 0 Å². The maximum Gasteiger partial charge on any atom is 0.167 e. The summed E-state index contributed by atoms with van der Waals surface area (Å²) >= 11 is 1.75. The number of carbonyl (C=O) groups is 1. The monoisotopic (exact) mass is 385 g/mol. The summed E-state index contributed by atoms with van der Waals surface area (Å²) in [6.45, 7) is 2.74. The molecule has 0 amide bonds. The molecule has 3 rings (SSSR count). The minimum Gasteiger partial charge on any atom is -0.493 e. The number of rotatable bonds is 7. The van der Waals surface area contributed by atoms with E-state index in [1.165, 1.54) is 10.5 Å². The second-order valence-electron chi connectivity index (χ2n) is 6.86. The van der Waals surface area contributed by atoms with Gasteiger partial charge in [-0.15, -0.1) is 11.8 Å². The first kappa shape index (κ1) is 19.8. The van der Waals surface area contributed by atoms with Crippen molar-refractivity contribution in [2.45, 2.75) is 24.3 Å². The van der Waals surface area contributed by atoms with Crippen LogP contribution in [0, 0.1) is 5.92 Å². The molecule has 1 fully saturated rings. The van der Waals surface area contributed by atoms with Gasteiger partial charge >= 0.3 is 0 Å². The molecule has 144 valence electrons. The van der Waals surface area contributed by atoms with E-state index in [0.29, 0.717) is 17.1 Å². The SMILES string of the molecule is COc1ccc(C(=O)[C@@H]2CCCN(Cc3ccc(SC)cc3)C2)cc1OC. The van der Waals surface area contributed by atoms with Gasteiger partial charge in [0.1, 0.15) is 0 Å². The number of methoxy groups -OCH3 is 2. The molecule has 0 unspecified atom stereocenters. The molecule has 2 aromatic rings. The summed E-state index contributed by atoms with van der Waals surface area (Å²) in [5.41, 5.74) is 2.00. The highest BCUT2D eigenvalue weighted by Gasteiger charge is 2.27. The molecule has 27 heavy (non-hydrogen) atoms. The summed E-state index contributed by atoms with van der Waals surface area (Å²) in [6.07, 6.45) is 4.08. The summed E-state index contributed by atoms with van der Waals surface area (Å²) in [5.74, 6) is 1.47. The number of piperidine rings is 1. The van der Waals surface area contributed by atoms with Gasteiger partial charge in [-0.05, 0) is 61.5 Å². The molecule has 4 nitrogen and oxygen atoms in total.